The fraction of sp³-hybridized carbons (Fsp3) is 0.812. The molecule has 1 saturated heterocycles. The summed E-state index contributed by atoms with van der Waals surface area (Å²) in [5, 5.41) is 14.5. The molecule has 8 heteroatoms. The zero-order valence-corrected chi connectivity index (χ0v) is 14.5. The summed E-state index contributed by atoms with van der Waals surface area (Å²) in [5.74, 6) is 0. The Morgan fingerprint density at radius 2 is 2.00 bits per heavy atom. The van der Waals surface area contributed by atoms with E-state index in [1.807, 2.05) is 0 Å². The van der Waals surface area contributed by atoms with Crippen molar-refractivity contribution in [2.24, 2.45) is 5.41 Å². The molecule has 2 aliphatic carbocycles. The molecular weight excluding hydrogens is 330 g/mol. The predicted octanol–water partition coefficient (Wildman–Crippen LogP) is 1.21. The minimum Gasteiger partial charge on any atom is -0.392 e. The molecule has 2 heterocycles. The van der Waals surface area contributed by atoms with E-state index in [2.05, 4.69) is 9.82 Å². The van der Waals surface area contributed by atoms with Gasteiger partial charge in [0.1, 0.15) is 4.90 Å². The first-order chi connectivity index (χ1) is 11.5. The Balaban J connectivity index is 1.49. The van der Waals surface area contributed by atoms with Crippen LogP contribution in [0.4, 0.5) is 0 Å². The minimum absolute atomic E-state index is 0.220. The van der Waals surface area contributed by atoms with Crippen LogP contribution >= 0.6 is 0 Å². The standard InChI is InChI=1S/C16H25N3O4S/c20-15-9-14(16(15)5-7-23-8-6-16)18-24(21,22)13-10-17-19(11-13)12-3-1-2-4-12/h10-12,14-15,18,20H,1-9H2/t14-,15-/m1/s1. The average Bonchev–Trinajstić information content (AvgIpc) is 3.26. The lowest BCUT2D eigenvalue weighted by atomic mass is 9.58. The van der Waals surface area contributed by atoms with E-state index in [4.69, 9.17) is 4.74 Å². The molecule has 134 valence electrons. The topological polar surface area (TPSA) is 93.5 Å². The smallest absolute Gasteiger partial charge is 0.243 e. The third-order valence-corrected chi connectivity index (χ3v) is 7.55. The SMILES string of the molecule is O=S(=O)(N[C@@H]1C[C@@H](O)C12CCOCC2)c1cnn(C2CCCC2)c1. The number of hydrogen-bond acceptors (Lipinski definition) is 5. The van der Waals surface area contributed by atoms with Gasteiger partial charge in [-0.25, -0.2) is 13.1 Å². The Bertz CT molecular complexity index is 690. The lowest BCUT2D eigenvalue weighted by Crippen LogP contribution is -2.65. The Morgan fingerprint density at radius 1 is 1.29 bits per heavy atom. The van der Waals surface area contributed by atoms with Crippen LogP contribution in [0.5, 0.6) is 0 Å². The number of sulfonamides is 1. The molecule has 1 spiro atoms. The van der Waals surface area contributed by atoms with Crippen molar-refractivity contribution < 1.29 is 18.3 Å². The number of nitrogens with one attached hydrogen (secondary N) is 1. The second-order valence-corrected chi connectivity index (χ2v) is 9.08. The van der Waals surface area contributed by atoms with Crippen LogP contribution in [0.2, 0.25) is 0 Å². The highest BCUT2D eigenvalue weighted by atomic mass is 32.2. The molecule has 2 N–H and O–H groups in total. The average molecular weight is 355 g/mol. The highest BCUT2D eigenvalue weighted by molar-refractivity contribution is 7.89. The van der Waals surface area contributed by atoms with Gasteiger partial charge in [0.25, 0.3) is 0 Å². The Morgan fingerprint density at radius 3 is 2.67 bits per heavy atom. The summed E-state index contributed by atoms with van der Waals surface area (Å²) >= 11 is 0. The monoisotopic (exact) mass is 355 g/mol. The van der Waals surface area contributed by atoms with Crippen LogP contribution in [-0.2, 0) is 14.8 Å². The summed E-state index contributed by atoms with van der Waals surface area (Å²) < 4.78 is 35.4. The zero-order chi connectivity index (χ0) is 16.8. The van der Waals surface area contributed by atoms with Gasteiger partial charge in [0.05, 0.1) is 18.3 Å². The second kappa shape index (κ2) is 6.09. The third kappa shape index (κ3) is 2.69. The molecule has 1 aromatic heterocycles. The Hall–Kier alpha value is -0.960. The quantitative estimate of drug-likeness (QED) is 0.847. The summed E-state index contributed by atoms with van der Waals surface area (Å²) in [6.45, 7) is 1.16. The molecule has 3 fully saturated rings. The van der Waals surface area contributed by atoms with Crippen LogP contribution in [-0.4, -0.2) is 48.7 Å². The van der Waals surface area contributed by atoms with E-state index in [-0.39, 0.29) is 16.4 Å². The van der Waals surface area contributed by atoms with Gasteiger partial charge in [-0.05, 0) is 32.1 Å². The summed E-state index contributed by atoms with van der Waals surface area (Å²) in [6.07, 6.45) is 8.97. The third-order valence-electron chi connectivity index (χ3n) is 6.12. The maximum Gasteiger partial charge on any atom is 0.243 e. The van der Waals surface area contributed by atoms with Crippen molar-refractivity contribution in [2.75, 3.05) is 13.2 Å². The fourth-order valence-electron chi connectivity index (χ4n) is 4.45. The van der Waals surface area contributed by atoms with Gasteiger partial charge in [0.2, 0.25) is 10.0 Å². The molecule has 7 nitrogen and oxygen atoms in total. The maximum absolute atomic E-state index is 12.7. The summed E-state index contributed by atoms with van der Waals surface area (Å²) in [7, 11) is -3.61. The molecule has 0 bridgehead atoms. The number of aromatic nitrogens is 2. The van der Waals surface area contributed by atoms with E-state index in [0.29, 0.717) is 38.5 Å². The molecule has 1 aromatic rings. The van der Waals surface area contributed by atoms with E-state index in [9.17, 15) is 13.5 Å². The summed E-state index contributed by atoms with van der Waals surface area (Å²) in [5.41, 5.74) is -0.368. The largest absolute Gasteiger partial charge is 0.392 e. The fourth-order valence-corrected chi connectivity index (χ4v) is 5.72. The van der Waals surface area contributed by atoms with Crippen molar-refractivity contribution in [3.05, 3.63) is 12.4 Å². The van der Waals surface area contributed by atoms with E-state index in [1.54, 1.807) is 10.9 Å². The normalized spacial score (nSPS) is 30.5. The number of aliphatic hydroxyl groups excluding tert-OH is 1. The van der Waals surface area contributed by atoms with Gasteiger partial charge in [0.15, 0.2) is 0 Å². The van der Waals surface area contributed by atoms with Gasteiger partial charge >= 0.3 is 0 Å². The van der Waals surface area contributed by atoms with Gasteiger partial charge in [0, 0.05) is 30.9 Å². The van der Waals surface area contributed by atoms with Crippen LogP contribution in [0, 0.1) is 5.41 Å². The van der Waals surface area contributed by atoms with Crippen LogP contribution in [0.1, 0.15) is 51.0 Å². The summed E-state index contributed by atoms with van der Waals surface area (Å²) in [6, 6.07) is 0.0949. The highest BCUT2D eigenvalue weighted by Gasteiger charge is 2.56. The molecule has 0 radical (unpaired) electrons. The Kier molecular flexibility index (Phi) is 4.19. The van der Waals surface area contributed by atoms with E-state index in [1.165, 1.54) is 19.0 Å². The first-order valence-electron chi connectivity index (χ1n) is 8.84. The van der Waals surface area contributed by atoms with Crippen molar-refractivity contribution in [1.82, 2.24) is 14.5 Å². The van der Waals surface area contributed by atoms with E-state index >= 15 is 0 Å². The molecule has 24 heavy (non-hydrogen) atoms. The number of rotatable bonds is 4. The van der Waals surface area contributed by atoms with Crippen molar-refractivity contribution in [1.29, 1.82) is 0 Å². The Labute approximate surface area is 142 Å². The first kappa shape index (κ1) is 16.5. The number of ether oxygens (including phenoxy) is 1. The number of nitrogens with zero attached hydrogens (tertiary/aromatic N) is 2. The maximum atomic E-state index is 12.7. The van der Waals surface area contributed by atoms with Crippen molar-refractivity contribution in [3.8, 4) is 0 Å². The van der Waals surface area contributed by atoms with E-state index in [0.717, 1.165) is 12.8 Å². The minimum atomic E-state index is -3.61. The van der Waals surface area contributed by atoms with Crippen molar-refractivity contribution in [3.63, 3.8) is 0 Å². The molecule has 0 amide bonds. The van der Waals surface area contributed by atoms with Crippen LogP contribution in [0.3, 0.4) is 0 Å². The van der Waals surface area contributed by atoms with Gasteiger partial charge in [-0.3, -0.25) is 4.68 Å². The molecule has 0 unspecified atom stereocenters. The molecule has 2 saturated carbocycles. The van der Waals surface area contributed by atoms with Crippen LogP contribution < -0.4 is 4.72 Å². The number of hydrogen-bond donors (Lipinski definition) is 2. The molecule has 1 aliphatic heterocycles. The second-order valence-electron chi connectivity index (χ2n) is 7.37. The van der Waals surface area contributed by atoms with Gasteiger partial charge in [-0.1, -0.05) is 12.8 Å². The molecule has 0 aromatic carbocycles. The molecular formula is C16H25N3O4S. The predicted molar refractivity (Wildman–Crippen MR) is 87.0 cm³/mol. The van der Waals surface area contributed by atoms with Gasteiger partial charge in [-0.15, -0.1) is 0 Å². The van der Waals surface area contributed by atoms with Crippen LogP contribution in [0.15, 0.2) is 17.3 Å². The number of aliphatic hydroxyl groups is 1. The van der Waals surface area contributed by atoms with Gasteiger partial charge < -0.3 is 9.84 Å². The lowest BCUT2D eigenvalue weighted by molar-refractivity contribution is -0.143. The molecule has 3 aliphatic rings. The zero-order valence-electron chi connectivity index (χ0n) is 13.7. The van der Waals surface area contributed by atoms with Crippen LogP contribution in [0.25, 0.3) is 0 Å². The summed E-state index contributed by atoms with van der Waals surface area (Å²) in [4.78, 5) is 0.220. The first-order valence-corrected chi connectivity index (χ1v) is 10.3. The van der Waals surface area contributed by atoms with Crippen molar-refractivity contribution in [2.45, 2.75) is 68.0 Å². The molecule has 4 rings (SSSR count). The van der Waals surface area contributed by atoms with E-state index < -0.39 is 16.1 Å². The van der Waals surface area contributed by atoms with Crippen molar-refractivity contribution >= 4 is 10.0 Å². The highest BCUT2D eigenvalue weighted by Crippen LogP contribution is 2.49. The lowest BCUT2D eigenvalue weighted by Gasteiger charge is -2.55. The van der Waals surface area contributed by atoms with Gasteiger partial charge in [-0.2, -0.15) is 5.10 Å². The molecule has 2 atom stereocenters.